The lowest BCUT2D eigenvalue weighted by Gasteiger charge is -2.42. The second kappa shape index (κ2) is 9.92. The van der Waals surface area contributed by atoms with Crippen LogP contribution in [0.1, 0.15) is 25.0 Å². The Kier molecular flexibility index (Phi) is 5.70. The maximum Gasteiger partial charge on any atom is 0.108 e. The summed E-state index contributed by atoms with van der Waals surface area (Å²) < 4.78 is 5.09. The Balaban J connectivity index is 1.21. The predicted octanol–water partition coefficient (Wildman–Crippen LogP) is 13.0. The van der Waals surface area contributed by atoms with Gasteiger partial charge in [0.05, 0.1) is 16.9 Å². The number of anilines is 3. The van der Waals surface area contributed by atoms with Crippen LogP contribution in [0.5, 0.6) is 0 Å². The Bertz CT molecular complexity index is 2660. The summed E-state index contributed by atoms with van der Waals surface area (Å²) in [5.74, 6) is 0. The summed E-state index contributed by atoms with van der Waals surface area (Å²) in [5.41, 5.74) is 11.1. The van der Waals surface area contributed by atoms with Gasteiger partial charge in [-0.1, -0.05) is 80.6 Å². The maximum atomic E-state index is 2.48. The summed E-state index contributed by atoms with van der Waals surface area (Å²) in [6.45, 7) is 4.83. The first-order valence-electron chi connectivity index (χ1n) is 16.1. The third-order valence-corrected chi connectivity index (χ3v) is 12.1. The van der Waals surface area contributed by atoms with Crippen LogP contribution in [0.15, 0.2) is 145 Å². The van der Waals surface area contributed by atoms with Crippen LogP contribution in [0.3, 0.4) is 0 Å². The minimum absolute atomic E-state index is 0.226. The fraction of sp³-hybridized carbons (Fsp3) is 0.0698. The summed E-state index contributed by atoms with van der Waals surface area (Å²) in [5, 5.41) is 7.54. The number of hydrogen-bond acceptors (Lipinski definition) is 3. The Morgan fingerprint density at radius 2 is 1.26 bits per heavy atom. The molecule has 47 heavy (non-hydrogen) atoms. The molecule has 0 amide bonds. The molecule has 2 nitrogen and oxygen atoms in total. The predicted molar refractivity (Wildman–Crippen MR) is 204 cm³/mol. The van der Waals surface area contributed by atoms with Crippen molar-refractivity contribution in [2.24, 2.45) is 0 Å². The summed E-state index contributed by atoms with van der Waals surface area (Å²) in [6.07, 6.45) is 0. The van der Waals surface area contributed by atoms with Crippen molar-refractivity contribution < 1.29 is 0 Å². The van der Waals surface area contributed by atoms with Gasteiger partial charge in [0.15, 0.2) is 0 Å². The molecule has 1 aliphatic heterocycles. The van der Waals surface area contributed by atoms with Gasteiger partial charge in [0, 0.05) is 47.7 Å². The molecule has 4 heterocycles. The van der Waals surface area contributed by atoms with Gasteiger partial charge in [-0.15, -0.1) is 22.7 Å². The van der Waals surface area contributed by atoms with Gasteiger partial charge in [-0.3, -0.25) is 0 Å². The van der Waals surface area contributed by atoms with E-state index in [-0.39, 0.29) is 5.41 Å². The van der Waals surface area contributed by atoms with E-state index in [1.165, 1.54) is 86.3 Å². The molecule has 9 aromatic rings. The average molecular weight is 639 g/mol. The number of rotatable bonds is 3. The zero-order valence-corrected chi connectivity index (χ0v) is 27.7. The molecule has 10 rings (SSSR count). The van der Waals surface area contributed by atoms with Crippen molar-refractivity contribution >= 4 is 81.0 Å². The lowest BCUT2D eigenvalue weighted by molar-refractivity contribution is 0.639. The molecule has 0 aliphatic carbocycles. The molecular formula is C43H30N2S2. The zero-order valence-electron chi connectivity index (χ0n) is 26.1. The highest BCUT2D eigenvalue weighted by atomic mass is 32.1. The minimum Gasteiger partial charge on any atom is -0.310 e. The fourth-order valence-corrected chi connectivity index (χ4v) is 9.96. The quantitative estimate of drug-likeness (QED) is 0.187. The number of fused-ring (bicyclic) bond motifs is 9. The van der Waals surface area contributed by atoms with Gasteiger partial charge < -0.3 is 9.47 Å². The van der Waals surface area contributed by atoms with Crippen molar-refractivity contribution in [3.05, 3.63) is 156 Å². The Hall–Kier alpha value is -5.16. The molecule has 224 valence electrons. The van der Waals surface area contributed by atoms with Gasteiger partial charge in [0.2, 0.25) is 0 Å². The normalized spacial score (nSPS) is 13.9. The van der Waals surface area contributed by atoms with E-state index in [4.69, 9.17) is 0 Å². The van der Waals surface area contributed by atoms with E-state index < -0.39 is 0 Å². The molecule has 0 unspecified atom stereocenters. The summed E-state index contributed by atoms with van der Waals surface area (Å²) in [4.78, 5) is 3.76. The average Bonchev–Trinajstić information content (AvgIpc) is 3.82. The van der Waals surface area contributed by atoms with Gasteiger partial charge in [-0.05, 0) is 100 Å². The Morgan fingerprint density at radius 3 is 2.09 bits per heavy atom. The standard InChI is InChI=1S/C43H30N2S2/c1-43(2)34-26-28(27-17-19-35-33(25-27)31-23-24-46-42(31)45(35)30-13-7-4-8-14-30)18-20-36(34)44(29-11-5-3-6-12-29)37-21-22-39-40(41(37)43)32-15-9-10-16-38(32)47-39/h3-26H,1-2H3. The van der Waals surface area contributed by atoms with Crippen LogP contribution in [-0.4, -0.2) is 4.57 Å². The maximum absolute atomic E-state index is 2.48. The van der Waals surface area contributed by atoms with E-state index in [9.17, 15) is 0 Å². The van der Waals surface area contributed by atoms with Crippen LogP contribution in [0, 0.1) is 0 Å². The molecule has 0 saturated carbocycles. The Morgan fingerprint density at radius 1 is 0.553 bits per heavy atom. The molecule has 0 N–H and O–H groups in total. The second-order valence-corrected chi connectivity index (χ2v) is 15.0. The highest BCUT2D eigenvalue weighted by Gasteiger charge is 2.39. The molecule has 1 aliphatic rings. The molecule has 0 radical (unpaired) electrons. The molecule has 4 heteroatoms. The molecule has 0 bridgehead atoms. The highest BCUT2D eigenvalue weighted by molar-refractivity contribution is 7.25. The van der Waals surface area contributed by atoms with Crippen LogP contribution in [0.4, 0.5) is 17.1 Å². The Labute approximate surface area is 281 Å². The van der Waals surface area contributed by atoms with Gasteiger partial charge in [0.25, 0.3) is 0 Å². The minimum atomic E-state index is -0.226. The second-order valence-electron chi connectivity index (χ2n) is 13.0. The first-order valence-corrected chi connectivity index (χ1v) is 17.8. The number of para-hydroxylation sites is 2. The van der Waals surface area contributed by atoms with E-state index in [0.29, 0.717) is 0 Å². The van der Waals surface area contributed by atoms with Crippen LogP contribution >= 0.6 is 22.7 Å². The molecule has 0 fully saturated rings. The van der Waals surface area contributed by atoms with Crippen LogP contribution < -0.4 is 4.90 Å². The third-order valence-electron chi connectivity index (χ3n) is 10.0. The number of thiophene rings is 2. The van der Waals surface area contributed by atoms with Crippen molar-refractivity contribution in [3.8, 4) is 16.8 Å². The largest absolute Gasteiger partial charge is 0.310 e. The van der Waals surface area contributed by atoms with Crippen molar-refractivity contribution in [2.75, 3.05) is 4.90 Å². The van der Waals surface area contributed by atoms with Crippen molar-refractivity contribution in [3.63, 3.8) is 0 Å². The van der Waals surface area contributed by atoms with Crippen molar-refractivity contribution in [1.82, 2.24) is 4.57 Å². The van der Waals surface area contributed by atoms with Gasteiger partial charge in [0.1, 0.15) is 4.83 Å². The highest BCUT2D eigenvalue weighted by Crippen LogP contribution is 2.56. The van der Waals surface area contributed by atoms with Crippen LogP contribution in [0.2, 0.25) is 0 Å². The topological polar surface area (TPSA) is 8.17 Å². The lowest BCUT2D eigenvalue weighted by Crippen LogP contribution is -2.31. The molecule has 6 aromatic carbocycles. The molecule has 0 saturated heterocycles. The van der Waals surface area contributed by atoms with Crippen LogP contribution in [0.25, 0.3) is 58.1 Å². The van der Waals surface area contributed by atoms with Gasteiger partial charge >= 0.3 is 0 Å². The number of nitrogens with zero attached hydrogens (tertiary/aromatic N) is 2. The number of hydrogen-bond donors (Lipinski definition) is 0. The fourth-order valence-electron chi connectivity index (χ4n) is 7.90. The number of benzene rings is 6. The summed E-state index contributed by atoms with van der Waals surface area (Å²) >= 11 is 3.70. The third kappa shape index (κ3) is 3.83. The van der Waals surface area contributed by atoms with Crippen molar-refractivity contribution in [2.45, 2.75) is 19.3 Å². The number of aromatic nitrogens is 1. The van der Waals surface area contributed by atoms with E-state index in [1.54, 1.807) is 11.3 Å². The van der Waals surface area contributed by atoms with Gasteiger partial charge in [-0.25, -0.2) is 0 Å². The van der Waals surface area contributed by atoms with Crippen LogP contribution in [-0.2, 0) is 5.41 Å². The van der Waals surface area contributed by atoms with E-state index in [0.717, 1.165) is 0 Å². The first-order chi connectivity index (χ1) is 23.1. The van der Waals surface area contributed by atoms with Crippen molar-refractivity contribution in [1.29, 1.82) is 0 Å². The van der Waals surface area contributed by atoms with Gasteiger partial charge in [-0.2, -0.15) is 0 Å². The summed E-state index contributed by atoms with van der Waals surface area (Å²) in [6, 6.07) is 51.5. The lowest BCUT2D eigenvalue weighted by atomic mass is 9.71. The molecule has 0 spiro atoms. The monoisotopic (exact) mass is 638 g/mol. The van der Waals surface area contributed by atoms with E-state index >= 15 is 0 Å². The molecular weight excluding hydrogens is 609 g/mol. The zero-order chi connectivity index (χ0) is 31.3. The smallest absolute Gasteiger partial charge is 0.108 e. The SMILES string of the molecule is CC1(C)c2cc(-c3ccc4c(c3)c3ccsc3n4-c3ccccc3)ccc2N(c2ccccc2)c2ccc3sc4ccccc4c3c21. The first kappa shape index (κ1) is 27.0. The molecule has 0 atom stereocenters. The van der Waals surface area contributed by atoms with E-state index in [2.05, 4.69) is 168 Å². The summed E-state index contributed by atoms with van der Waals surface area (Å²) in [7, 11) is 0. The molecule has 3 aromatic heterocycles. The van der Waals surface area contributed by atoms with E-state index in [1.807, 2.05) is 11.3 Å².